The summed E-state index contributed by atoms with van der Waals surface area (Å²) in [6.07, 6.45) is 1.49. The van der Waals surface area contributed by atoms with E-state index in [0.717, 1.165) is 15.8 Å². The summed E-state index contributed by atoms with van der Waals surface area (Å²) in [7, 11) is 0. The molecule has 0 aliphatic carbocycles. The van der Waals surface area contributed by atoms with E-state index in [4.69, 9.17) is 4.42 Å². The minimum absolute atomic E-state index is 0.0714. The first-order valence-electron chi connectivity index (χ1n) is 8.92. The molecule has 3 amide bonds. The first-order valence-corrected chi connectivity index (χ1v) is 9.80. The van der Waals surface area contributed by atoms with Crippen molar-refractivity contribution in [2.45, 2.75) is 13.1 Å². The number of fused-ring (bicyclic) bond motifs is 1. The molecule has 0 saturated heterocycles. The molecular formula is C20H15N3O6S. The van der Waals surface area contributed by atoms with Gasteiger partial charge in [0.05, 0.1) is 29.8 Å². The summed E-state index contributed by atoms with van der Waals surface area (Å²) in [6.45, 7) is -0.0802. The van der Waals surface area contributed by atoms with E-state index in [2.05, 4.69) is 0 Å². The van der Waals surface area contributed by atoms with Gasteiger partial charge < -0.3 is 9.32 Å². The van der Waals surface area contributed by atoms with Crippen molar-refractivity contribution in [3.05, 3.63) is 86.0 Å². The van der Waals surface area contributed by atoms with Crippen molar-refractivity contribution in [1.82, 2.24) is 9.80 Å². The van der Waals surface area contributed by atoms with Crippen LogP contribution in [-0.2, 0) is 17.9 Å². The zero-order valence-electron chi connectivity index (χ0n) is 15.5. The van der Waals surface area contributed by atoms with Crippen molar-refractivity contribution in [2.24, 2.45) is 0 Å². The molecule has 0 spiro atoms. The lowest BCUT2D eigenvalue weighted by molar-refractivity contribution is -0.385. The van der Waals surface area contributed by atoms with E-state index in [-0.39, 0.29) is 24.2 Å². The molecular weight excluding hydrogens is 410 g/mol. The van der Waals surface area contributed by atoms with Crippen LogP contribution in [0.3, 0.4) is 0 Å². The second-order valence-corrected chi connectivity index (χ2v) is 7.59. The number of nitro groups is 1. The Balaban J connectivity index is 1.57. The number of imide groups is 1. The largest absolute Gasteiger partial charge is 0.467 e. The van der Waals surface area contributed by atoms with E-state index in [1.165, 1.54) is 34.6 Å². The van der Waals surface area contributed by atoms with Crippen molar-refractivity contribution in [2.75, 3.05) is 6.54 Å². The van der Waals surface area contributed by atoms with Crippen LogP contribution in [0, 0.1) is 10.1 Å². The van der Waals surface area contributed by atoms with Crippen LogP contribution in [-0.4, -0.2) is 39.0 Å². The van der Waals surface area contributed by atoms with Crippen LogP contribution in [0.2, 0.25) is 0 Å². The van der Waals surface area contributed by atoms with Crippen molar-refractivity contribution >= 4 is 34.7 Å². The number of nitrogens with zero attached hydrogens (tertiary/aromatic N) is 3. The first kappa shape index (κ1) is 19.5. The van der Waals surface area contributed by atoms with Gasteiger partial charge in [0.15, 0.2) is 0 Å². The lowest BCUT2D eigenvalue weighted by Crippen LogP contribution is -2.42. The molecule has 0 atom stereocenters. The number of rotatable bonds is 7. The Morgan fingerprint density at radius 3 is 2.60 bits per heavy atom. The first-order chi connectivity index (χ1) is 14.5. The van der Waals surface area contributed by atoms with Gasteiger partial charge >= 0.3 is 0 Å². The number of hydrogen-bond donors (Lipinski definition) is 0. The summed E-state index contributed by atoms with van der Waals surface area (Å²) in [6, 6.07) is 11.0. The standard InChI is InChI=1S/C20H15N3O6S/c24-17(21(10-13-4-2-8-29-13)11-14-5-3-9-30-14)12-22-19(25)15-6-1-7-16(23(27)28)18(15)20(22)26/h1-9H,10-12H2. The zero-order chi connectivity index (χ0) is 21.3. The summed E-state index contributed by atoms with van der Waals surface area (Å²) in [5.74, 6) is -1.49. The third kappa shape index (κ3) is 3.60. The molecule has 9 nitrogen and oxygen atoms in total. The van der Waals surface area contributed by atoms with Gasteiger partial charge in [0, 0.05) is 10.9 Å². The zero-order valence-corrected chi connectivity index (χ0v) is 16.3. The topological polar surface area (TPSA) is 114 Å². The van der Waals surface area contributed by atoms with Crippen LogP contribution in [0.1, 0.15) is 31.4 Å². The fraction of sp³-hybridized carbons (Fsp3) is 0.150. The SMILES string of the molecule is O=C(CN1C(=O)c2cccc([N+](=O)[O-])c2C1=O)N(Cc1ccco1)Cc1cccs1. The van der Waals surface area contributed by atoms with E-state index >= 15 is 0 Å². The molecule has 152 valence electrons. The minimum atomic E-state index is -0.843. The quantitative estimate of drug-likeness (QED) is 0.326. The van der Waals surface area contributed by atoms with Crippen molar-refractivity contribution in [3.63, 3.8) is 0 Å². The van der Waals surface area contributed by atoms with Gasteiger partial charge in [-0.1, -0.05) is 12.1 Å². The lowest BCUT2D eigenvalue weighted by atomic mass is 10.1. The third-order valence-corrected chi connectivity index (χ3v) is 5.53. The molecule has 1 aliphatic heterocycles. The molecule has 0 saturated carbocycles. The molecule has 0 fully saturated rings. The molecule has 0 bridgehead atoms. The molecule has 0 N–H and O–H groups in total. The lowest BCUT2D eigenvalue weighted by Gasteiger charge is -2.23. The third-order valence-electron chi connectivity index (χ3n) is 4.67. The summed E-state index contributed by atoms with van der Waals surface area (Å²) >= 11 is 1.47. The van der Waals surface area contributed by atoms with E-state index in [0.29, 0.717) is 5.76 Å². The highest BCUT2D eigenvalue weighted by Gasteiger charge is 2.42. The Kier molecular flexibility index (Phi) is 5.15. The van der Waals surface area contributed by atoms with Gasteiger partial charge in [-0.3, -0.25) is 29.4 Å². The smallest absolute Gasteiger partial charge is 0.282 e. The Labute approximate surface area is 174 Å². The van der Waals surface area contributed by atoms with Gasteiger partial charge in [0.1, 0.15) is 17.9 Å². The highest BCUT2D eigenvalue weighted by atomic mass is 32.1. The number of hydrogen-bond acceptors (Lipinski definition) is 7. The second kappa shape index (κ2) is 7.91. The molecule has 10 heteroatoms. The maximum atomic E-state index is 13.0. The molecule has 3 aromatic rings. The summed E-state index contributed by atoms with van der Waals surface area (Å²) in [4.78, 5) is 52.1. The number of amides is 3. The van der Waals surface area contributed by atoms with E-state index < -0.39 is 34.9 Å². The van der Waals surface area contributed by atoms with Crippen molar-refractivity contribution in [3.8, 4) is 0 Å². The van der Waals surface area contributed by atoms with Gasteiger partial charge in [0.25, 0.3) is 17.5 Å². The van der Waals surface area contributed by atoms with E-state index in [9.17, 15) is 24.5 Å². The van der Waals surface area contributed by atoms with Gasteiger partial charge in [-0.2, -0.15) is 0 Å². The summed E-state index contributed by atoms with van der Waals surface area (Å²) in [5.41, 5.74) is -0.805. The molecule has 4 rings (SSSR count). The number of carbonyl (C=O) groups is 3. The predicted octanol–water partition coefficient (Wildman–Crippen LogP) is 3.07. The monoisotopic (exact) mass is 425 g/mol. The highest BCUT2D eigenvalue weighted by molar-refractivity contribution is 7.09. The average molecular weight is 425 g/mol. The Morgan fingerprint density at radius 1 is 1.10 bits per heavy atom. The molecule has 3 heterocycles. The molecule has 2 aromatic heterocycles. The minimum Gasteiger partial charge on any atom is -0.467 e. The molecule has 0 radical (unpaired) electrons. The maximum Gasteiger partial charge on any atom is 0.282 e. The van der Waals surface area contributed by atoms with Gasteiger partial charge in [0.2, 0.25) is 5.91 Å². The number of carbonyl (C=O) groups excluding carboxylic acids is 3. The number of thiophene rings is 1. The van der Waals surface area contributed by atoms with Gasteiger partial charge in [-0.05, 0) is 29.6 Å². The Hall–Kier alpha value is -3.79. The number of furan rings is 1. The molecule has 30 heavy (non-hydrogen) atoms. The second-order valence-electron chi connectivity index (χ2n) is 6.56. The van der Waals surface area contributed by atoms with Gasteiger partial charge in [-0.15, -0.1) is 11.3 Å². The van der Waals surface area contributed by atoms with Crippen LogP contribution >= 0.6 is 11.3 Å². The Bertz CT molecular complexity index is 1090. The fourth-order valence-corrected chi connectivity index (χ4v) is 3.98. The summed E-state index contributed by atoms with van der Waals surface area (Å²) < 4.78 is 5.33. The molecule has 0 unspecified atom stereocenters. The van der Waals surface area contributed by atoms with Crippen LogP contribution in [0.15, 0.2) is 58.5 Å². The fourth-order valence-electron chi connectivity index (χ4n) is 3.26. The number of nitro benzene ring substituents is 1. The average Bonchev–Trinajstić information content (AvgIpc) is 3.47. The predicted molar refractivity (Wildman–Crippen MR) is 106 cm³/mol. The van der Waals surface area contributed by atoms with E-state index in [1.54, 1.807) is 12.1 Å². The maximum absolute atomic E-state index is 13.0. The van der Waals surface area contributed by atoms with Crippen LogP contribution in [0.4, 0.5) is 5.69 Å². The van der Waals surface area contributed by atoms with Crippen molar-refractivity contribution in [1.29, 1.82) is 0 Å². The normalized spacial score (nSPS) is 12.9. The number of benzene rings is 1. The Morgan fingerprint density at radius 2 is 1.93 bits per heavy atom. The molecule has 1 aliphatic rings. The van der Waals surface area contributed by atoms with Gasteiger partial charge in [-0.25, -0.2) is 0 Å². The van der Waals surface area contributed by atoms with Crippen LogP contribution < -0.4 is 0 Å². The van der Waals surface area contributed by atoms with Crippen molar-refractivity contribution < 1.29 is 23.7 Å². The highest BCUT2D eigenvalue weighted by Crippen LogP contribution is 2.30. The van der Waals surface area contributed by atoms with E-state index in [1.807, 2.05) is 17.5 Å². The van der Waals surface area contributed by atoms with Crippen LogP contribution in [0.5, 0.6) is 0 Å². The van der Waals surface area contributed by atoms with Crippen LogP contribution in [0.25, 0.3) is 0 Å². The summed E-state index contributed by atoms with van der Waals surface area (Å²) in [5, 5.41) is 13.1. The molecule has 1 aromatic carbocycles.